The van der Waals surface area contributed by atoms with Gasteiger partial charge in [-0.15, -0.1) is 0 Å². The van der Waals surface area contributed by atoms with Crippen LogP contribution in [-0.2, 0) is 6.42 Å². The van der Waals surface area contributed by atoms with Crippen LogP contribution in [0, 0.1) is 10.8 Å². The summed E-state index contributed by atoms with van der Waals surface area (Å²) < 4.78 is 0. The van der Waals surface area contributed by atoms with Gasteiger partial charge in [-0.05, 0) is 36.4 Å². The first-order chi connectivity index (χ1) is 12.0. The summed E-state index contributed by atoms with van der Waals surface area (Å²) in [6, 6.07) is 11.1. The minimum Gasteiger partial charge on any atom is -0.384 e. The Hall–Kier alpha value is -3.55. The Bertz CT molecular complexity index is 1000. The second-order valence-electron chi connectivity index (χ2n) is 6.05. The number of amidine groups is 2. The molecule has 1 unspecified atom stereocenters. The predicted octanol–water partition coefficient (Wildman–Crippen LogP) is 1.54. The molecule has 1 aromatic heterocycles. The van der Waals surface area contributed by atoms with Gasteiger partial charge in [0.15, 0.2) is 0 Å². The van der Waals surface area contributed by atoms with Gasteiger partial charge in [0, 0.05) is 17.5 Å². The Morgan fingerprint density at radius 2 is 1.64 bits per heavy atom. The van der Waals surface area contributed by atoms with Crippen LogP contribution in [0.5, 0.6) is 0 Å². The van der Waals surface area contributed by atoms with Crippen molar-refractivity contribution in [2.24, 2.45) is 11.5 Å². The second-order valence-corrected chi connectivity index (χ2v) is 6.05. The van der Waals surface area contributed by atoms with Gasteiger partial charge in [-0.3, -0.25) is 10.8 Å². The quantitative estimate of drug-likeness (QED) is 0.285. The number of imidazole rings is 1. The number of nitrogens with one attached hydrogen (secondary N) is 5. The van der Waals surface area contributed by atoms with E-state index in [9.17, 15) is 0 Å². The van der Waals surface area contributed by atoms with E-state index in [1.165, 1.54) is 0 Å². The van der Waals surface area contributed by atoms with Crippen LogP contribution in [0.4, 0.5) is 11.4 Å². The molecule has 8 heteroatoms. The van der Waals surface area contributed by atoms with Crippen LogP contribution in [0.1, 0.15) is 17.0 Å². The monoisotopic (exact) mass is 334 g/mol. The molecule has 9 N–H and O–H groups in total. The number of anilines is 2. The molecule has 25 heavy (non-hydrogen) atoms. The van der Waals surface area contributed by atoms with E-state index in [1.54, 1.807) is 6.07 Å². The molecule has 4 rings (SSSR count). The molecule has 8 nitrogen and oxygen atoms in total. The van der Waals surface area contributed by atoms with Gasteiger partial charge in [-0.25, -0.2) is 4.98 Å². The van der Waals surface area contributed by atoms with E-state index in [2.05, 4.69) is 20.6 Å². The first kappa shape index (κ1) is 15.0. The highest BCUT2D eigenvalue weighted by atomic mass is 15.2. The molecule has 0 bridgehead atoms. The third-order valence-electron chi connectivity index (χ3n) is 4.23. The lowest BCUT2D eigenvalue weighted by Crippen LogP contribution is -2.25. The molecule has 1 aliphatic heterocycles. The molecule has 0 saturated carbocycles. The third-order valence-corrected chi connectivity index (χ3v) is 4.23. The smallest absolute Gasteiger partial charge is 0.122 e. The molecule has 0 radical (unpaired) electrons. The molecule has 3 aromatic rings. The molecule has 126 valence electrons. The zero-order chi connectivity index (χ0) is 17.6. The molecule has 0 saturated heterocycles. The van der Waals surface area contributed by atoms with Gasteiger partial charge in [0.1, 0.15) is 23.7 Å². The maximum atomic E-state index is 7.53. The number of nitrogens with two attached hydrogens (primary N) is 2. The van der Waals surface area contributed by atoms with Crippen molar-refractivity contribution in [2.45, 2.75) is 12.6 Å². The van der Waals surface area contributed by atoms with Crippen molar-refractivity contribution in [3.63, 3.8) is 0 Å². The number of nitrogen functional groups attached to an aromatic ring is 2. The fraction of sp³-hybridized carbons (Fsp3) is 0.118. The molecule has 2 heterocycles. The number of H-pyrrole nitrogens is 1. The number of hydrogen-bond donors (Lipinski definition) is 7. The Kier molecular flexibility index (Phi) is 3.31. The van der Waals surface area contributed by atoms with Crippen molar-refractivity contribution in [1.82, 2.24) is 9.97 Å². The van der Waals surface area contributed by atoms with Crippen LogP contribution in [0.3, 0.4) is 0 Å². The Labute approximate surface area is 143 Å². The molecular formula is C17H18N8. The highest BCUT2D eigenvalue weighted by Crippen LogP contribution is 2.30. The van der Waals surface area contributed by atoms with E-state index in [1.807, 2.05) is 30.3 Å². The van der Waals surface area contributed by atoms with E-state index < -0.39 is 0 Å². The second kappa shape index (κ2) is 5.52. The largest absolute Gasteiger partial charge is 0.384 e. The van der Waals surface area contributed by atoms with Gasteiger partial charge in [0.05, 0.1) is 22.4 Å². The number of hydrogen-bond acceptors (Lipinski definition) is 5. The fourth-order valence-corrected chi connectivity index (χ4v) is 2.99. The third kappa shape index (κ3) is 2.74. The molecule has 0 spiro atoms. The minimum atomic E-state index is -0.00921. The number of aromatic amines is 1. The van der Waals surface area contributed by atoms with E-state index >= 15 is 0 Å². The van der Waals surface area contributed by atoms with E-state index in [0.717, 1.165) is 28.2 Å². The standard InChI is InChI=1S/C17H18N8/c18-16(19)8-1-3-10-12(5-8)24-14(22-10)7-15-23-11-4-2-9(17(20)21)6-13(11)25-15/h1-6,14,22,24H,7H2,(H3,18,19)(H3,20,21)(H,23,25). The summed E-state index contributed by atoms with van der Waals surface area (Å²) in [4.78, 5) is 7.86. The van der Waals surface area contributed by atoms with Crippen molar-refractivity contribution < 1.29 is 0 Å². The van der Waals surface area contributed by atoms with Crippen molar-refractivity contribution >= 4 is 34.1 Å². The average molecular weight is 334 g/mol. The highest BCUT2D eigenvalue weighted by Gasteiger charge is 2.21. The van der Waals surface area contributed by atoms with E-state index in [0.29, 0.717) is 17.5 Å². The van der Waals surface area contributed by atoms with Crippen LogP contribution in [-0.4, -0.2) is 27.8 Å². The molecule has 2 aromatic carbocycles. The first-order valence-electron chi connectivity index (χ1n) is 7.84. The number of nitrogens with zero attached hydrogens (tertiary/aromatic N) is 1. The first-order valence-corrected chi connectivity index (χ1v) is 7.84. The van der Waals surface area contributed by atoms with Gasteiger partial charge in [-0.2, -0.15) is 0 Å². The average Bonchev–Trinajstić information content (AvgIpc) is 3.15. The normalized spacial score (nSPS) is 15.4. The topological polar surface area (TPSA) is 152 Å². The van der Waals surface area contributed by atoms with Crippen molar-refractivity contribution in [3.05, 3.63) is 53.3 Å². The summed E-state index contributed by atoms with van der Waals surface area (Å²) in [5.74, 6) is 0.917. The SMILES string of the molecule is N=C(N)c1ccc2c(c1)NC(Cc1nc3ccc(C(=N)N)cc3[nH]1)N2. The van der Waals surface area contributed by atoms with Gasteiger partial charge >= 0.3 is 0 Å². The molecule has 0 amide bonds. The van der Waals surface area contributed by atoms with Gasteiger partial charge in [0.2, 0.25) is 0 Å². The molecular weight excluding hydrogens is 316 g/mol. The molecule has 1 atom stereocenters. The van der Waals surface area contributed by atoms with Crippen LogP contribution < -0.4 is 22.1 Å². The van der Waals surface area contributed by atoms with Crippen molar-refractivity contribution in [1.29, 1.82) is 10.8 Å². The molecule has 1 aliphatic rings. The Morgan fingerprint density at radius 3 is 2.40 bits per heavy atom. The molecule has 0 fully saturated rings. The lowest BCUT2D eigenvalue weighted by Gasteiger charge is -2.09. The summed E-state index contributed by atoms with van der Waals surface area (Å²) in [5.41, 5.74) is 16.0. The number of aromatic nitrogens is 2. The van der Waals surface area contributed by atoms with Gasteiger partial charge in [0.25, 0.3) is 0 Å². The summed E-state index contributed by atoms with van der Waals surface area (Å²) in [6.07, 6.45) is 0.638. The summed E-state index contributed by atoms with van der Waals surface area (Å²) in [7, 11) is 0. The highest BCUT2D eigenvalue weighted by molar-refractivity contribution is 5.98. The zero-order valence-corrected chi connectivity index (χ0v) is 13.4. The molecule has 0 aliphatic carbocycles. The Balaban J connectivity index is 1.54. The number of rotatable bonds is 4. The Morgan fingerprint density at radius 1 is 0.960 bits per heavy atom. The van der Waals surface area contributed by atoms with Crippen LogP contribution >= 0.6 is 0 Å². The fourth-order valence-electron chi connectivity index (χ4n) is 2.99. The van der Waals surface area contributed by atoms with Crippen molar-refractivity contribution in [3.8, 4) is 0 Å². The van der Waals surface area contributed by atoms with Crippen LogP contribution in [0.15, 0.2) is 36.4 Å². The van der Waals surface area contributed by atoms with Gasteiger partial charge < -0.3 is 27.1 Å². The number of benzene rings is 2. The number of fused-ring (bicyclic) bond motifs is 2. The lowest BCUT2D eigenvalue weighted by molar-refractivity contribution is 0.791. The van der Waals surface area contributed by atoms with Crippen molar-refractivity contribution in [2.75, 3.05) is 10.6 Å². The summed E-state index contributed by atoms with van der Waals surface area (Å²) in [6.45, 7) is 0. The predicted molar refractivity (Wildman–Crippen MR) is 99.3 cm³/mol. The maximum Gasteiger partial charge on any atom is 0.122 e. The van der Waals surface area contributed by atoms with Crippen LogP contribution in [0.2, 0.25) is 0 Å². The van der Waals surface area contributed by atoms with Crippen LogP contribution in [0.25, 0.3) is 11.0 Å². The summed E-state index contributed by atoms with van der Waals surface area (Å²) in [5, 5.41) is 21.8. The lowest BCUT2D eigenvalue weighted by atomic mass is 10.1. The minimum absolute atomic E-state index is 0.00921. The zero-order valence-electron chi connectivity index (χ0n) is 13.4. The van der Waals surface area contributed by atoms with E-state index in [-0.39, 0.29) is 17.8 Å². The van der Waals surface area contributed by atoms with Gasteiger partial charge in [-0.1, -0.05) is 0 Å². The maximum absolute atomic E-state index is 7.53. The summed E-state index contributed by atoms with van der Waals surface area (Å²) >= 11 is 0. The van der Waals surface area contributed by atoms with E-state index in [4.69, 9.17) is 22.3 Å².